The van der Waals surface area contributed by atoms with E-state index in [9.17, 15) is 20.4 Å². The van der Waals surface area contributed by atoms with E-state index in [0.717, 1.165) is 0 Å². The standard InChI is InChI=1S/4C4H9O.Al.Li/c4*1-4(2,3)5;;/h4*1-3H3;;/q4*-1;+3;+1. The third-order valence-corrected chi connectivity index (χ3v) is 0. The van der Waals surface area contributed by atoms with Crippen molar-refractivity contribution in [3.8, 4) is 0 Å². The molecule has 0 aromatic carbocycles. The van der Waals surface area contributed by atoms with Gasteiger partial charge in [-0.25, -0.2) is 0 Å². The van der Waals surface area contributed by atoms with E-state index in [2.05, 4.69) is 0 Å². The first-order chi connectivity index (χ1) is 8.00. The van der Waals surface area contributed by atoms with Gasteiger partial charge in [-0.1, -0.05) is 83.1 Å². The molecule has 0 bridgehead atoms. The number of hydrogen-bond donors (Lipinski definition) is 0. The van der Waals surface area contributed by atoms with E-state index >= 15 is 0 Å². The third-order valence-electron chi connectivity index (χ3n) is 0. The van der Waals surface area contributed by atoms with Crippen molar-refractivity contribution in [3.63, 3.8) is 0 Å². The molecule has 0 aliphatic carbocycles. The van der Waals surface area contributed by atoms with Crippen molar-refractivity contribution in [2.24, 2.45) is 0 Å². The van der Waals surface area contributed by atoms with Crippen molar-refractivity contribution in [1.29, 1.82) is 0 Å². The van der Waals surface area contributed by atoms with E-state index in [0.29, 0.717) is 0 Å². The fourth-order valence-corrected chi connectivity index (χ4v) is 0. The summed E-state index contributed by atoms with van der Waals surface area (Å²) in [7, 11) is 0. The minimum Gasteiger partial charge on any atom is -0.850 e. The van der Waals surface area contributed by atoms with Gasteiger partial charge in [0.25, 0.3) is 0 Å². The fraction of sp³-hybridized carbons (Fsp3) is 1.00. The molecule has 0 rings (SSSR count). The first-order valence-electron chi connectivity index (χ1n) is 6.82. The van der Waals surface area contributed by atoms with E-state index in [1.807, 2.05) is 0 Å². The summed E-state index contributed by atoms with van der Waals surface area (Å²) in [5.41, 5.74) is -3.00. The predicted molar refractivity (Wildman–Crippen MR) is 84.8 cm³/mol. The average Bonchev–Trinajstić information content (AvgIpc) is 1.62. The van der Waals surface area contributed by atoms with Crippen LogP contribution < -0.4 is 39.3 Å². The van der Waals surface area contributed by atoms with Crippen LogP contribution in [0.5, 0.6) is 0 Å². The van der Waals surface area contributed by atoms with E-state index in [1.54, 1.807) is 83.1 Å². The van der Waals surface area contributed by atoms with Crippen molar-refractivity contribution in [1.82, 2.24) is 0 Å². The molecular weight excluding hydrogens is 290 g/mol. The van der Waals surface area contributed by atoms with Gasteiger partial charge in [-0.2, -0.15) is 0 Å². The molecule has 0 saturated carbocycles. The Balaban J connectivity index is -0.0000000376. The summed E-state index contributed by atoms with van der Waals surface area (Å²) in [4.78, 5) is 0. The second kappa shape index (κ2) is 15.5. The summed E-state index contributed by atoms with van der Waals surface area (Å²) in [6.45, 7) is 19.6. The molecule has 0 N–H and O–H groups in total. The zero-order valence-corrected chi connectivity index (χ0v) is 18.4. The molecule has 6 heteroatoms. The van der Waals surface area contributed by atoms with Crippen LogP contribution in [0.2, 0.25) is 0 Å². The predicted octanol–water partition coefficient (Wildman–Crippen LogP) is -2.80. The number of rotatable bonds is 0. The zero-order chi connectivity index (χ0) is 18.0. The van der Waals surface area contributed by atoms with Gasteiger partial charge in [0.1, 0.15) is 0 Å². The van der Waals surface area contributed by atoms with Crippen molar-refractivity contribution < 1.29 is 39.3 Å². The third kappa shape index (κ3) is 8890. The molecule has 22 heavy (non-hydrogen) atoms. The van der Waals surface area contributed by atoms with E-state index in [4.69, 9.17) is 0 Å². The van der Waals surface area contributed by atoms with Gasteiger partial charge in [0.15, 0.2) is 0 Å². The molecular formula is C16H36AlLiO4. The van der Waals surface area contributed by atoms with Gasteiger partial charge < -0.3 is 20.4 Å². The summed E-state index contributed by atoms with van der Waals surface area (Å²) < 4.78 is 0. The smallest absolute Gasteiger partial charge is 0.850 e. The molecule has 0 aromatic heterocycles. The molecule has 0 amide bonds. The Hall–Kier alpha value is 0.970. The van der Waals surface area contributed by atoms with Crippen LogP contribution in [0, 0.1) is 0 Å². The topological polar surface area (TPSA) is 92.2 Å². The quantitative estimate of drug-likeness (QED) is 0.450. The molecule has 0 heterocycles. The Morgan fingerprint density at radius 2 is 0.364 bits per heavy atom. The van der Waals surface area contributed by atoms with Crippen molar-refractivity contribution >= 4 is 17.4 Å². The van der Waals surface area contributed by atoms with Crippen molar-refractivity contribution in [2.45, 2.75) is 105 Å². The Morgan fingerprint density at radius 3 is 0.364 bits per heavy atom. The van der Waals surface area contributed by atoms with Crippen LogP contribution in [-0.4, -0.2) is 39.8 Å². The minimum absolute atomic E-state index is 0. The van der Waals surface area contributed by atoms with Crippen LogP contribution in [0.1, 0.15) is 83.1 Å². The van der Waals surface area contributed by atoms with E-state index in [-0.39, 0.29) is 36.2 Å². The van der Waals surface area contributed by atoms with Crippen LogP contribution in [-0.2, 0) is 0 Å². The summed E-state index contributed by atoms with van der Waals surface area (Å²) >= 11 is 0. The second-order valence-electron chi connectivity index (χ2n) is 8.45. The van der Waals surface area contributed by atoms with E-state index < -0.39 is 22.4 Å². The van der Waals surface area contributed by atoms with Crippen LogP contribution in [0.15, 0.2) is 0 Å². The van der Waals surface area contributed by atoms with Crippen LogP contribution in [0.25, 0.3) is 0 Å². The van der Waals surface area contributed by atoms with Gasteiger partial charge >= 0.3 is 36.2 Å². The van der Waals surface area contributed by atoms with Crippen LogP contribution in [0.4, 0.5) is 0 Å². The minimum atomic E-state index is -0.750. The maximum absolute atomic E-state index is 10.1. The SMILES string of the molecule is CC(C)(C)[O-].CC(C)(C)[O-].CC(C)(C)[O-].CC(C)(C)[O-].[Al+3].[Li+]. The first-order valence-corrected chi connectivity index (χ1v) is 6.82. The summed E-state index contributed by atoms with van der Waals surface area (Å²) in [6.07, 6.45) is 0. The summed E-state index contributed by atoms with van der Waals surface area (Å²) in [5.74, 6) is 0. The van der Waals surface area contributed by atoms with Gasteiger partial charge in [-0.15, -0.1) is 22.4 Å². The molecule has 0 aromatic rings. The number of hydrogen-bond acceptors (Lipinski definition) is 4. The van der Waals surface area contributed by atoms with Crippen LogP contribution in [0.3, 0.4) is 0 Å². The average molecular weight is 326 g/mol. The molecule has 128 valence electrons. The molecule has 0 aliphatic rings. The van der Waals surface area contributed by atoms with Crippen molar-refractivity contribution in [2.75, 3.05) is 0 Å². The largest absolute Gasteiger partial charge is 3.00 e. The van der Waals surface area contributed by atoms with Gasteiger partial charge in [0.05, 0.1) is 0 Å². The van der Waals surface area contributed by atoms with Gasteiger partial charge in [0.2, 0.25) is 0 Å². The maximum Gasteiger partial charge on any atom is 3.00 e. The fourth-order valence-electron chi connectivity index (χ4n) is 0. The molecule has 0 atom stereocenters. The monoisotopic (exact) mass is 326 g/mol. The Labute approximate surface area is 162 Å². The molecule has 0 unspecified atom stereocenters. The molecule has 0 saturated heterocycles. The van der Waals surface area contributed by atoms with Gasteiger partial charge in [-0.3, -0.25) is 0 Å². The maximum atomic E-state index is 10.1. The Morgan fingerprint density at radius 1 is 0.364 bits per heavy atom. The summed E-state index contributed by atoms with van der Waals surface area (Å²) in [5, 5.41) is 40.4. The zero-order valence-electron chi connectivity index (χ0n) is 17.2. The molecule has 0 radical (unpaired) electrons. The Kier molecular flexibility index (Phi) is 27.1. The van der Waals surface area contributed by atoms with Crippen LogP contribution >= 0.6 is 0 Å². The normalized spacial score (nSPS) is 10.9. The van der Waals surface area contributed by atoms with Gasteiger partial charge in [-0.05, 0) is 0 Å². The van der Waals surface area contributed by atoms with Gasteiger partial charge in [0, 0.05) is 0 Å². The van der Waals surface area contributed by atoms with Crippen molar-refractivity contribution in [3.05, 3.63) is 0 Å². The molecule has 0 fully saturated rings. The molecule has 4 nitrogen and oxygen atoms in total. The molecule has 0 spiro atoms. The summed E-state index contributed by atoms with van der Waals surface area (Å²) in [6, 6.07) is 0. The Bertz CT molecular complexity index is 136. The van der Waals surface area contributed by atoms with E-state index in [1.165, 1.54) is 0 Å². The first kappa shape index (κ1) is 38.5. The second-order valence-corrected chi connectivity index (χ2v) is 8.45. The molecule has 0 aliphatic heterocycles.